The molecule has 0 radical (unpaired) electrons. The van der Waals surface area contributed by atoms with Crippen LogP contribution in [0.5, 0.6) is 0 Å². The summed E-state index contributed by atoms with van der Waals surface area (Å²) in [6.45, 7) is 0. The number of hydrogen-bond acceptors (Lipinski definition) is 6. The van der Waals surface area contributed by atoms with Crippen molar-refractivity contribution in [1.29, 1.82) is 0 Å². The smallest absolute Gasteiger partial charge is 0.284 e. The molecule has 2 aliphatic rings. The molecule has 0 bridgehead atoms. The lowest BCUT2D eigenvalue weighted by atomic mass is 9.74. The summed E-state index contributed by atoms with van der Waals surface area (Å²) >= 11 is 6.66. The van der Waals surface area contributed by atoms with Gasteiger partial charge in [-0.2, -0.15) is 5.10 Å². The predicted molar refractivity (Wildman–Crippen MR) is 113 cm³/mol. The van der Waals surface area contributed by atoms with E-state index in [0.29, 0.717) is 10.6 Å². The molecule has 1 aliphatic carbocycles. The SMILES string of the molecule is NC(=O)c1cc2cc(Cl)c3c(c2o1)C1(CCCCC1)NC(CC(=O)n1cccn1)N3. The average Bonchev–Trinajstić information content (AvgIpc) is 3.38. The van der Waals surface area contributed by atoms with Crippen molar-refractivity contribution < 1.29 is 14.0 Å². The van der Waals surface area contributed by atoms with Crippen LogP contribution in [-0.4, -0.2) is 27.8 Å². The number of halogens is 1. The molecular formula is C21H22ClN5O3. The van der Waals surface area contributed by atoms with Crippen molar-refractivity contribution in [2.24, 2.45) is 5.73 Å². The van der Waals surface area contributed by atoms with Gasteiger partial charge in [-0.1, -0.05) is 30.9 Å². The second kappa shape index (κ2) is 7.14. The van der Waals surface area contributed by atoms with Gasteiger partial charge in [0, 0.05) is 23.3 Å². The van der Waals surface area contributed by atoms with E-state index in [1.807, 2.05) is 0 Å². The number of rotatable bonds is 3. The highest BCUT2D eigenvalue weighted by molar-refractivity contribution is 6.34. The van der Waals surface area contributed by atoms with Crippen molar-refractivity contribution in [3.8, 4) is 0 Å². The summed E-state index contributed by atoms with van der Waals surface area (Å²) < 4.78 is 7.23. The van der Waals surface area contributed by atoms with Crippen LogP contribution in [0.15, 0.2) is 35.0 Å². The monoisotopic (exact) mass is 427 g/mol. The van der Waals surface area contributed by atoms with Crippen molar-refractivity contribution in [3.63, 3.8) is 0 Å². The van der Waals surface area contributed by atoms with Crippen molar-refractivity contribution in [3.05, 3.63) is 46.9 Å². The molecule has 1 atom stereocenters. The van der Waals surface area contributed by atoms with Gasteiger partial charge in [0.05, 0.1) is 28.8 Å². The van der Waals surface area contributed by atoms with Gasteiger partial charge in [0.15, 0.2) is 5.76 Å². The third kappa shape index (κ3) is 3.07. The topological polar surface area (TPSA) is 115 Å². The van der Waals surface area contributed by atoms with Crippen LogP contribution in [0.2, 0.25) is 5.02 Å². The number of hydrogen-bond donors (Lipinski definition) is 3. The van der Waals surface area contributed by atoms with Gasteiger partial charge in [0.2, 0.25) is 5.91 Å². The van der Waals surface area contributed by atoms with Gasteiger partial charge >= 0.3 is 0 Å². The van der Waals surface area contributed by atoms with E-state index in [0.717, 1.165) is 48.7 Å². The Bertz CT molecular complexity index is 1130. The Labute approximate surface area is 177 Å². The molecule has 1 aliphatic heterocycles. The number of nitrogens with two attached hydrogens (primary N) is 1. The van der Waals surface area contributed by atoms with Crippen molar-refractivity contribution in [2.45, 2.75) is 50.2 Å². The summed E-state index contributed by atoms with van der Waals surface area (Å²) in [6.07, 6.45) is 8.13. The molecule has 4 N–H and O–H groups in total. The van der Waals surface area contributed by atoms with Gasteiger partial charge < -0.3 is 15.5 Å². The third-order valence-electron chi connectivity index (χ3n) is 6.10. The van der Waals surface area contributed by atoms with E-state index < -0.39 is 11.4 Å². The number of amides is 1. The van der Waals surface area contributed by atoms with E-state index in [1.54, 1.807) is 30.6 Å². The minimum absolute atomic E-state index is 0.108. The first-order valence-electron chi connectivity index (χ1n) is 10.1. The first-order chi connectivity index (χ1) is 14.5. The molecule has 156 valence electrons. The highest BCUT2D eigenvalue weighted by Crippen LogP contribution is 2.49. The second-order valence-electron chi connectivity index (χ2n) is 8.03. The van der Waals surface area contributed by atoms with Crippen LogP contribution in [0.1, 0.15) is 59.4 Å². The maximum absolute atomic E-state index is 12.7. The lowest BCUT2D eigenvalue weighted by molar-refractivity contribution is 0.0859. The van der Waals surface area contributed by atoms with E-state index >= 15 is 0 Å². The summed E-state index contributed by atoms with van der Waals surface area (Å²) in [5.41, 5.74) is 7.32. The summed E-state index contributed by atoms with van der Waals surface area (Å²) in [5, 5.41) is 12.3. The number of nitrogens with one attached hydrogen (secondary N) is 2. The van der Waals surface area contributed by atoms with E-state index in [-0.39, 0.29) is 24.3 Å². The number of fused-ring (bicyclic) bond motifs is 4. The molecule has 1 spiro atoms. The molecule has 0 saturated heterocycles. The van der Waals surface area contributed by atoms with Crippen LogP contribution in [0, 0.1) is 0 Å². The number of furan rings is 1. The Hall–Kier alpha value is -2.84. The highest BCUT2D eigenvalue weighted by atomic mass is 35.5. The number of nitrogens with zero attached hydrogens (tertiary/aromatic N) is 2. The van der Waals surface area contributed by atoms with Crippen LogP contribution >= 0.6 is 11.6 Å². The number of carbonyl (C=O) groups excluding carboxylic acids is 2. The van der Waals surface area contributed by atoms with Gasteiger partial charge in [-0.15, -0.1) is 0 Å². The largest absolute Gasteiger partial charge is 0.450 e. The Kier molecular flexibility index (Phi) is 4.56. The fourth-order valence-electron chi connectivity index (χ4n) is 4.82. The Balaban J connectivity index is 1.61. The average molecular weight is 428 g/mol. The summed E-state index contributed by atoms with van der Waals surface area (Å²) in [5.74, 6) is -0.629. The Morgan fingerprint density at radius 1 is 1.30 bits per heavy atom. The molecule has 1 fully saturated rings. The van der Waals surface area contributed by atoms with Crippen LogP contribution in [0.4, 0.5) is 5.69 Å². The standard InChI is InChI=1S/C21H22ClN5O3/c22-13-9-12-10-14(20(23)29)30-19(12)17-18(13)25-15(11-16(28)27-8-4-7-24-27)26-21(17)5-2-1-3-6-21/h4,7-10,15,25-26H,1-3,5-6,11H2,(H2,23,29). The molecule has 3 heterocycles. The molecule has 8 nitrogen and oxygen atoms in total. The summed E-state index contributed by atoms with van der Waals surface area (Å²) in [4.78, 5) is 24.3. The molecule has 1 saturated carbocycles. The highest BCUT2D eigenvalue weighted by Gasteiger charge is 2.44. The molecule has 1 amide bonds. The molecule has 1 aromatic carbocycles. The lowest BCUT2D eigenvalue weighted by Gasteiger charge is -2.46. The minimum Gasteiger partial charge on any atom is -0.450 e. The zero-order valence-electron chi connectivity index (χ0n) is 16.3. The molecule has 1 unspecified atom stereocenters. The Morgan fingerprint density at radius 2 is 2.10 bits per heavy atom. The molecule has 30 heavy (non-hydrogen) atoms. The van der Waals surface area contributed by atoms with Gasteiger partial charge in [0.1, 0.15) is 5.58 Å². The predicted octanol–water partition coefficient (Wildman–Crippen LogP) is 3.61. The van der Waals surface area contributed by atoms with Gasteiger partial charge in [-0.25, -0.2) is 4.68 Å². The molecule has 5 rings (SSSR count). The molecule has 9 heteroatoms. The summed E-state index contributed by atoms with van der Waals surface area (Å²) in [7, 11) is 0. The maximum Gasteiger partial charge on any atom is 0.284 e. The van der Waals surface area contributed by atoms with Crippen molar-refractivity contribution in [1.82, 2.24) is 15.1 Å². The van der Waals surface area contributed by atoms with Crippen molar-refractivity contribution >= 4 is 40.1 Å². The molecular weight excluding hydrogens is 406 g/mol. The number of benzene rings is 1. The fourth-order valence-corrected chi connectivity index (χ4v) is 5.09. The first kappa shape index (κ1) is 19.1. The number of aromatic nitrogens is 2. The third-order valence-corrected chi connectivity index (χ3v) is 6.39. The normalized spacial score (nSPS) is 20.1. The Morgan fingerprint density at radius 3 is 2.80 bits per heavy atom. The van der Waals surface area contributed by atoms with E-state index in [4.69, 9.17) is 21.8 Å². The van der Waals surface area contributed by atoms with Gasteiger partial charge in [-0.05, 0) is 31.0 Å². The fraction of sp³-hybridized carbons (Fsp3) is 0.381. The zero-order chi connectivity index (χ0) is 20.9. The lowest BCUT2D eigenvalue weighted by Crippen LogP contribution is -2.56. The van der Waals surface area contributed by atoms with Crippen LogP contribution in [0.3, 0.4) is 0 Å². The second-order valence-corrected chi connectivity index (χ2v) is 8.44. The van der Waals surface area contributed by atoms with Gasteiger partial charge in [-0.3, -0.25) is 14.9 Å². The minimum atomic E-state index is -0.617. The number of anilines is 1. The maximum atomic E-state index is 12.7. The first-order valence-corrected chi connectivity index (χ1v) is 10.5. The quantitative estimate of drug-likeness (QED) is 0.588. The van der Waals surface area contributed by atoms with E-state index in [9.17, 15) is 9.59 Å². The van der Waals surface area contributed by atoms with Crippen LogP contribution < -0.4 is 16.4 Å². The summed E-state index contributed by atoms with van der Waals surface area (Å²) in [6, 6.07) is 5.12. The number of primary amides is 1. The molecule has 2 aromatic heterocycles. The van der Waals surface area contributed by atoms with Crippen molar-refractivity contribution in [2.75, 3.05) is 5.32 Å². The van der Waals surface area contributed by atoms with Crippen LogP contribution in [0.25, 0.3) is 11.0 Å². The number of carbonyl (C=O) groups is 2. The van der Waals surface area contributed by atoms with E-state index in [2.05, 4.69) is 15.7 Å². The van der Waals surface area contributed by atoms with E-state index in [1.165, 1.54) is 4.68 Å². The van der Waals surface area contributed by atoms with Gasteiger partial charge in [0.25, 0.3) is 5.91 Å². The molecule has 3 aromatic rings. The van der Waals surface area contributed by atoms with Crippen LogP contribution in [-0.2, 0) is 5.54 Å². The zero-order valence-corrected chi connectivity index (χ0v) is 17.0.